The Morgan fingerprint density at radius 1 is 1.06 bits per heavy atom. The predicted octanol–water partition coefficient (Wildman–Crippen LogP) is 4.00. The Hall–Kier alpha value is -3.04. The molecule has 0 aliphatic carbocycles. The molecule has 1 saturated heterocycles. The molecule has 1 aliphatic rings. The van der Waals surface area contributed by atoms with Crippen LogP contribution in [-0.4, -0.2) is 47.1 Å². The summed E-state index contributed by atoms with van der Waals surface area (Å²) < 4.78 is 29.5. The summed E-state index contributed by atoms with van der Waals surface area (Å²) in [6, 6.07) is 11.9. The zero-order chi connectivity index (χ0) is 24.3. The van der Waals surface area contributed by atoms with Gasteiger partial charge in [-0.1, -0.05) is 6.92 Å². The van der Waals surface area contributed by atoms with Gasteiger partial charge in [-0.05, 0) is 68.7 Å². The van der Waals surface area contributed by atoms with Crippen LogP contribution < -0.4 is 5.32 Å². The Balaban J connectivity index is 1.51. The number of carbonyl (C=O) groups is 2. The van der Waals surface area contributed by atoms with Gasteiger partial charge in [0, 0.05) is 43.7 Å². The van der Waals surface area contributed by atoms with E-state index in [1.54, 1.807) is 36.4 Å². The highest BCUT2D eigenvalue weighted by atomic mass is 32.2. The van der Waals surface area contributed by atoms with Crippen molar-refractivity contribution in [3.05, 3.63) is 53.9 Å². The second-order valence-electron chi connectivity index (χ2n) is 8.62. The van der Waals surface area contributed by atoms with Crippen molar-refractivity contribution < 1.29 is 18.0 Å². The maximum absolute atomic E-state index is 13.0. The highest BCUT2D eigenvalue weighted by Gasteiger charge is 2.27. The predicted molar refractivity (Wildman–Crippen MR) is 131 cm³/mol. The number of ketones is 1. The highest BCUT2D eigenvalue weighted by Crippen LogP contribution is 2.26. The van der Waals surface area contributed by atoms with Crippen LogP contribution in [0.25, 0.3) is 11.0 Å². The number of nitrogens with one attached hydrogen (secondary N) is 1. The molecule has 1 N–H and O–H groups in total. The number of Topliss-reactive ketones (excluding diaryl/α,β-unsaturated/α-hetero) is 1. The third kappa shape index (κ3) is 5.05. The SMILES string of the molecule is CCCn1c(CCC(=O)Nc2ccc(C(C)=O)cc2)nc2cc(S(=O)(=O)N3CCCC3)ccc21. The molecule has 4 rings (SSSR count). The number of carbonyl (C=O) groups excluding carboxylic acids is 2. The lowest BCUT2D eigenvalue weighted by atomic mass is 10.1. The van der Waals surface area contributed by atoms with Crippen LogP contribution in [0.15, 0.2) is 47.4 Å². The molecule has 0 bridgehead atoms. The number of sulfonamides is 1. The number of aromatic nitrogens is 2. The summed E-state index contributed by atoms with van der Waals surface area (Å²) in [5.41, 5.74) is 2.73. The van der Waals surface area contributed by atoms with Gasteiger partial charge in [-0.2, -0.15) is 4.31 Å². The van der Waals surface area contributed by atoms with E-state index < -0.39 is 10.0 Å². The normalized spacial score (nSPS) is 14.5. The molecule has 0 saturated carbocycles. The third-order valence-electron chi connectivity index (χ3n) is 6.10. The van der Waals surface area contributed by atoms with Gasteiger partial charge in [-0.15, -0.1) is 0 Å². The minimum Gasteiger partial charge on any atom is -0.328 e. The molecule has 9 heteroatoms. The zero-order valence-electron chi connectivity index (χ0n) is 19.6. The molecule has 1 aliphatic heterocycles. The molecule has 2 heterocycles. The third-order valence-corrected chi connectivity index (χ3v) is 7.99. The summed E-state index contributed by atoms with van der Waals surface area (Å²) in [7, 11) is -3.52. The molecule has 0 atom stereocenters. The number of aryl methyl sites for hydroxylation is 2. The fourth-order valence-electron chi connectivity index (χ4n) is 4.30. The van der Waals surface area contributed by atoms with Gasteiger partial charge in [-0.3, -0.25) is 9.59 Å². The van der Waals surface area contributed by atoms with Crippen LogP contribution >= 0.6 is 0 Å². The van der Waals surface area contributed by atoms with Gasteiger partial charge < -0.3 is 9.88 Å². The summed E-state index contributed by atoms with van der Waals surface area (Å²) in [6.07, 6.45) is 3.33. The van der Waals surface area contributed by atoms with Gasteiger partial charge in [-0.25, -0.2) is 13.4 Å². The molecule has 180 valence electrons. The summed E-state index contributed by atoms with van der Waals surface area (Å²) in [5, 5.41) is 2.85. The molecule has 0 spiro atoms. The maximum atomic E-state index is 13.0. The van der Waals surface area contributed by atoms with E-state index in [-0.39, 0.29) is 23.0 Å². The minimum atomic E-state index is -3.52. The number of rotatable bonds is 9. The standard InChI is InChI=1S/C25H30N4O4S/c1-3-14-29-23-11-10-21(34(32,33)28-15-4-5-16-28)17-22(23)27-24(29)12-13-25(31)26-20-8-6-19(7-9-20)18(2)30/h6-11,17H,3-5,12-16H2,1-2H3,(H,26,31). The van der Waals surface area contributed by atoms with Crippen LogP contribution in [0.4, 0.5) is 5.69 Å². The largest absolute Gasteiger partial charge is 0.328 e. The Bertz CT molecular complexity index is 1310. The van der Waals surface area contributed by atoms with Gasteiger partial charge in [0.25, 0.3) is 0 Å². The van der Waals surface area contributed by atoms with Crippen LogP contribution in [0.5, 0.6) is 0 Å². The lowest BCUT2D eigenvalue weighted by molar-refractivity contribution is -0.116. The first kappa shape index (κ1) is 24.1. The van der Waals surface area contributed by atoms with E-state index in [0.717, 1.165) is 37.1 Å². The Kier molecular flexibility index (Phi) is 7.13. The quantitative estimate of drug-likeness (QED) is 0.465. The molecule has 0 radical (unpaired) electrons. The van der Waals surface area contributed by atoms with Gasteiger partial charge in [0.05, 0.1) is 15.9 Å². The first-order valence-corrected chi connectivity index (χ1v) is 13.1. The molecular formula is C25H30N4O4S. The number of imidazole rings is 1. The summed E-state index contributed by atoms with van der Waals surface area (Å²) in [5.74, 6) is 0.585. The van der Waals surface area contributed by atoms with Crippen LogP contribution in [0.2, 0.25) is 0 Å². The van der Waals surface area contributed by atoms with E-state index in [1.807, 2.05) is 6.07 Å². The summed E-state index contributed by atoms with van der Waals surface area (Å²) in [4.78, 5) is 28.9. The van der Waals surface area contributed by atoms with E-state index >= 15 is 0 Å². The molecule has 1 fully saturated rings. The van der Waals surface area contributed by atoms with E-state index in [9.17, 15) is 18.0 Å². The maximum Gasteiger partial charge on any atom is 0.243 e. The van der Waals surface area contributed by atoms with Crippen molar-refractivity contribution in [1.29, 1.82) is 0 Å². The second-order valence-corrected chi connectivity index (χ2v) is 10.6. The van der Waals surface area contributed by atoms with Crippen molar-refractivity contribution in [1.82, 2.24) is 13.9 Å². The number of benzene rings is 2. The van der Waals surface area contributed by atoms with Crippen molar-refractivity contribution in [2.24, 2.45) is 0 Å². The van der Waals surface area contributed by atoms with Gasteiger partial charge in [0.15, 0.2) is 5.78 Å². The molecule has 0 unspecified atom stereocenters. The first-order valence-electron chi connectivity index (χ1n) is 11.7. The Morgan fingerprint density at radius 3 is 2.41 bits per heavy atom. The Morgan fingerprint density at radius 2 is 1.76 bits per heavy atom. The van der Waals surface area contributed by atoms with E-state index in [4.69, 9.17) is 4.98 Å². The molecule has 34 heavy (non-hydrogen) atoms. The lowest BCUT2D eigenvalue weighted by Crippen LogP contribution is -2.27. The number of nitrogens with zero attached hydrogens (tertiary/aromatic N) is 3. The van der Waals surface area contributed by atoms with Gasteiger partial charge >= 0.3 is 0 Å². The van der Waals surface area contributed by atoms with Crippen LogP contribution in [0, 0.1) is 0 Å². The number of hydrogen-bond acceptors (Lipinski definition) is 5. The minimum absolute atomic E-state index is 0.0240. The molecule has 2 aromatic carbocycles. The van der Waals surface area contributed by atoms with Gasteiger partial charge in [0.1, 0.15) is 5.82 Å². The number of anilines is 1. The van der Waals surface area contributed by atoms with Crippen LogP contribution in [0.1, 0.15) is 55.7 Å². The first-order chi connectivity index (χ1) is 16.3. The number of amides is 1. The average molecular weight is 483 g/mol. The molecule has 3 aromatic rings. The highest BCUT2D eigenvalue weighted by molar-refractivity contribution is 7.89. The van der Waals surface area contributed by atoms with E-state index in [2.05, 4.69) is 16.8 Å². The van der Waals surface area contributed by atoms with Crippen molar-refractivity contribution in [2.45, 2.75) is 57.4 Å². The monoisotopic (exact) mass is 482 g/mol. The van der Waals surface area contributed by atoms with Crippen molar-refractivity contribution in [2.75, 3.05) is 18.4 Å². The zero-order valence-corrected chi connectivity index (χ0v) is 20.4. The van der Waals surface area contributed by atoms with Crippen molar-refractivity contribution in [3.63, 3.8) is 0 Å². The number of fused-ring (bicyclic) bond motifs is 1. The fourth-order valence-corrected chi connectivity index (χ4v) is 5.84. The smallest absolute Gasteiger partial charge is 0.243 e. The Labute approximate surface area is 200 Å². The van der Waals surface area contributed by atoms with E-state index in [1.165, 1.54) is 11.2 Å². The summed E-state index contributed by atoms with van der Waals surface area (Å²) in [6.45, 7) is 5.42. The van der Waals surface area contributed by atoms with E-state index in [0.29, 0.717) is 36.3 Å². The summed E-state index contributed by atoms with van der Waals surface area (Å²) >= 11 is 0. The van der Waals surface area contributed by atoms with Crippen LogP contribution in [0.3, 0.4) is 0 Å². The molecule has 1 amide bonds. The second kappa shape index (κ2) is 10.1. The fraction of sp³-hybridized carbons (Fsp3) is 0.400. The molecule has 1 aromatic heterocycles. The topological polar surface area (TPSA) is 101 Å². The average Bonchev–Trinajstić information content (AvgIpc) is 3.47. The molecular weight excluding hydrogens is 452 g/mol. The van der Waals surface area contributed by atoms with Crippen LogP contribution in [-0.2, 0) is 27.8 Å². The van der Waals surface area contributed by atoms with Gasteiger partial charge in [0.2, 0.25) is 15.9 Å². The molecule has 8 nitrogen and oxygen atoms in total. The van der Waals surface area contributed by atoms with Crippen molar-refractivity contribution in [3.8, 4) is 0 Å². The van der Waals surface area contributed by atoms with Crippen molar-refractivity contribution >= 4 is 38.4 Å². The number of hydrogen-bond donors (Lipinski definition) is 1. The lowest BCUT2D eigenvalue weighted by Gasteiger charge is -2.15.